The Labute approximate surface area is 141 Å². The number of nitrogens with one attached hydrogen (secondary N) is 1. The first-order valence-electron chi connectivity index (χ1n) is 8.73. The Hall–Kier alpha value is -1.92. The summed E-state index contributed by atoms with van der Waals surface area (Å²) in [5.41, 5.74) is 4.17. The molecule has 6 nitrogen and oxygen atoms in total. The summed E-state index contributed by atoms with van der Waals surface area (Å²) in [7, 11) is 1.83. The summed E-state index contributed by atoms with van der Waals surface area (Å²) in [5, 5.41) is 11.3. The number of phenols is 1. The van der Waals surface area contributed by atoms with Crippen molar-refractivity contribution in [1.29, 1.82) is 0 Å². The van der Waals surface area contributed by atoms with Crippen LogP contribution in [0, 0.1) is 5.92 Å². The molecule has 0 radical (unpaired) electrons. The van der Waals surface area contributed by atoms with Crippen LogP contribution in [0.4, 0.5) is 0 Å². The number of phenolic OH excluding ortho intramolecular Hbond substituents is 1. The lowest BCUT2D eigenvalue weighted by molar-refractivity contribution is -0.144. The van der Waals surface area contributed by atoms with Crippen LogP contribution in [0.1, 0.15) is 43.7 Å². The number of fused-ring (bicyclic) bond motifs is 1. The van der Waals surface area contributed by atoms with Gasteiger partial charge in [0.15, 0.2) is 0 Å². The third-order valence-corrected chi connectivity index (χ3v) is 5.66. The maximum absolute atomic E-state index is 13.1. The molecule has 2 N–H and O–H groups in total. The Balaban J connectivity index is 1.64. The lowest BCUT2D eigenvalue weighted by Crippen LogP contribution is -2.47. The van der Waals surface area contributed by atoms with Crippen LogP contribution in [0.5, 0.6) is 5.75 Å². The fraction of sp³-hybridized carbons (Fsp3) is 0.556. The van der Waals surface area contributed by atoms with Crippen LogP contribution >= 0.6 is 0 Å². The molecular formula is C18H23N3O3. The maximum atomic E-state index is 13.1. The van der Waals surface area contributed by atoms with Gasteiger partial charge in [-0.15, -0.1) is 0 Å². The second-order valence-electron chi connectivity index (χ2n) is 7.12. The molecule has 0 aromatic heterocycles. The number of carbonyl (C=O) groups is 2. The molecule has 3 fully saturated rings. The number of likely N-dealkylation sites (N-methyl/N-ethyl adjacent to an activating group) is 1. The summed E-state index contributed by atoms with van der Waals surface area (Å²) in [6.45, 7) is 0. The number of hydrazine groups is 1. The van der Waals surface area contributed by atoms with Gasteiger partial charge in [-0.3, -0.25) is 14.5 Å². The molecule has 2 amide bonds. The van der Waals surface area contributed by atoms with Gasteiger partial charge < -0.3 is 5.11 Å². The topological polar surface area (TPSA) is 72.9 Å². The number of imide groups is 1. The zero-order chi connectivity index (χ0) is 16.8. The van der Waals surface area contributed by atoms with Gasteiger partial charge in [0, 0.05) is 13.1 Å². The molecule has 2 saturated heterocycles. The molecule has 3 atom stereocenters. The number of rotatable bonds is 2. The molecule has 0 unspecified atom stereocenters. The summed E-state index contributed by atoms with van der Waals surface area (Å²) >= 11 is 0. The minimum absolute atomic E-state index is 0.0492. The third-order valence-electron chi connectivity index (χ3n) is 5.66. The van der Waals surface area contributed by atoms with Crippen molar-refractivity contribution < 1.29 is 14.7 Å². The minimum atomic E-state index is -0.432. The molecule has 24 heavy (non-hydrogen) atoms. The van der Waals surface area contributed by atoms with Gasteiger partial charge in [0.05, 0.1) is 12.0 Å². The van der Waals surface area contributed by atoms with Crippen molar-refractivity contribution in [2.45, 2.75) is 50.2 Å². The zero-order valence-corrected chi connectivity index (χ0v) is 13.8. The summed E-state index contributed by atoms with van der Waals surface area (Å²) in [5.74, 6) is -0.312. The Morgan fingerprint density at radius 2 is 1.71 bits per heavy atom. The first kappa shape index (κ1) is 15.6. The van der Waals surface area contributed by atoms with Crippen LogP contribution in [0.2, 0.25) is 0 Å². The lowest BCUT2D eigenvalue weighted by atomic mass is 9.90. The van der Waals surface area contributed by atoms with Gasteiger partial charge in [0.1, 0.15) is 11.8 Å². The van der Waals surface area contributed by atoms with Gasteiger partial charge in [-0.2, -0.15) is 0 Å². The van der Waals surface area contributed by atoms with Gasteiger partial charge in [-0.05, 0) is 30.5 Å². The average molecular weight is 329 g/mol. The second-order valence-corrected chi connectivity index (χ2v) is 7.12. The van der Waals surface area contributed by atoms with Gasteiger partial charge >= 0.3 is 0 Å². The number of hydrogen-bond donors (Lipinski definition) is 2. The van der Waals surface area contributed by atoms with Gasteiger partial charge in [0.25, 0.3) is 0 Å². The Bertz CT molecular complexity index is 654. The zero-order valence-electron chi connectivity index (χ0n) is 13.8. The van der Waals surface area contributed by atoms with E-state index in [0.29, 0.717) is 0 Å². The van der Waals surface area contributed by atoms with Crippen molar-refractivity contribution in [2.75, 3.05) is 7.05 Å². The predicted molar refractivity (Wildman–Crippen MR) is 87.8 cm³/mol. The average Bonchev–Trinajstić information content (AvgIpc) is 3.06. The van der Waals surface area contributed by atoms with Crippen LogP contribution in [-0.4, -0.2) is 46.0 Å². The number of nitrogens with zero attached hydrogens (tertiary/aromatic N) is 2. The van der Waals surface area contributed by atoms with Crippen molar-refractivity contribution in [3.63, 3.8) is 0 Å². The molecule has 0 spiro atoms. The fourth-order valence-electron chi connectivity index (χ4n) is 4.47. The molecule has 2 aliphatic heterocycles. The number of aromatic hydroxyl groups is 1. The molecule has 128 valence electrons. The first-order chi connectivity index (χ1) is 11.6. The summed E-state index contributed by atoms with van der Waals surface area (Å²) < 4.78 is 0. The van der Waals surface area contributed by atoms with Crippen molar-refractivity contribution >= 4 is 11.8 Å². The molecule has 1 saturated carbocycles. The monoisotopic (exact) mass is 329 g/mol. The highest BCUT2D eigenvalue weighted by atomic mass is 16.3. The Morgan fingerprint density at radius 3 is 2.38 bits per heavy atom. The van der Waals surface area contributed by atoms with Crippen molar-refractivity contribution in [3.05, 3.63) is 29.8 Å². The number of amides is 2. The second kappa shape index (κ2) is 5.86. The first-order valence-corrected chi connectivity index (χ1v) is 8.73. The van der Waals surface area contributed by atoms with Gasteiger partial charge in [0.2, 0.25) is 11.8 Å². The highest BCUT2D eigenvalue weighted by molar-refractivity contribution is 6.08. The molecular weight excluding hydrogens is 306 g/mol. The van der Waals surface area contributed by atoms with Crippen LogP contribution in [0.15, 0.2) is 24.3 Å². The van der Waals surface area contributed by atoms with E-state index in [1.54, 1.807) is 22.0 Å². The van der Waals surface area contributed by atoms with E-state index in [1.807, 2.05) is 19.2 Å². The Kier molecular flexibility index (Phi) is 3.81. The van der Waals surface area contributed by atoms with Crippen LogP contribution in [0.25, 0.3) is 0 Å². The van der Waals surface area contributed by atoms with E-state index in [9.17, 15) is 14.7 Å². The molecule has 1 aromatic carbocycles. The number of hydrogen-bond acceptors (Lipinski definition) is 5. The van der Waals surface area contributed by atoms with E-state index in [0.717, 1.165) is 31.2 Å². The van der Waals surface area contributed by atoms with Crippen molar-refractivity contribution in [2.24, 2.45) is 5.92 Å². The van der Waals surface area contributed by atoms with E-state index >= 15 is 0 Å². The molecule has 3 aliphatic rings. The molecule has 6 heteroatoms. The van der Waals surface area contributed by atoms with E-state index < -0.39 is 12.0 Å². The lowest BCUT2D eigenvalue weighted by Gasteiger charge is -2.31. The maximum Gasteiger partial charge on any atom is 0.249 e. The minimum Gasteiger partial charge on any atom is -0.508 e. The van der Waals surface area contributed by atoms with Gasteiger partial charge in [-0.1, -0.05) is 31.4 Å². The fourth-order valence-corrected chi connectivity index (χ4v) is 4.47. The molecule has 1 aromatic rings. The SMILES string of the molecule is CN1N[C@@H](c2ccc(O)cc2)[C@H]2C(=O)N(C3CCCCC3)C(=O)[C@@H]21. The third kappa shape index (κ3) is 2.32. The van der Waals surface area contributed by atoms with Crippen molar-refractivity contribution in [1.82, 2.24) is 15.3 Å². The summed E-state index contributed by atoms with van der Waals surface area (Å²) in [6, 6.07) is 6.26. The number of benzene rings is 1. The standard InChI is InChI=1S/C18H23N3O3/c1-20-16-14(15(19-20)11-7-9-13(22)10-8-11)17(23)21(18(16)24)12-5-3-2-4-6-12/h7-10,12,14-16,19,22H,2-6H2,1H3/t14-,15+,16-/m1/s1. The predicted octanol–water partition coefficient (Wildman–Crippen LogP) is 1.57. The van der Waals surface area contributed by atoms with E-state index in [-0.39, 0.29) is 29.6 Å². The number of carbonyl (C=O) groups excluding carboxylic acids is 2. The normalized spacial score (nSPS) is 31.7. The highest BCUT2D eigenvalue weighted by Gasteiger charge is 2.58. The van der Waals surface area contributed by atoms with Crippen molar-refractivity contribution in [3.8, 4) is 5.75 Å². The van der Waals surface area contributed by atoms with Crippen LogP contribution < -0.4 is 5.43 Å². The van der Waals surface area contributed by atoms with Gasteiger partial charge in [-0.25, -0.2) is 10.4 Å². The van der Waals surface area contributed by atoms with E-state index in [2.05, 4.69) is 5.43 Å². The molecule has 0 bridgehead atoms. The molecule has 1 aliphatic carbocycles. The smallest absolute Gasteiger partial charge is 0.249 e. The summed E-state index contributed by atoms with van der Waals surface area (Å²) in [4.78, 5) is 27.6. The van der Waals surface area contributed by atoms with E-state index in [4.69, 9.17) is 0 Å². The van der Waals surface area contributed by atoms with Crippen LogP contribution in [0.3, 0.4) is 0 Å². The number of likely N-dealkylation sites (tertiary alicyclic amines) is 1. The largest absolute Gasteiger partial charge is 0.508 e. The molecule has 4 rings (SSSR count). The summed E-state index contributed by atoms with van der Waals surface area (Å²) in [6.07, 6.45) is 5.23. The quantitative estimate of drug-likeness (QED) is 0.806. The van der Waals surface area contributed by atoms with E-state index in [1.165, 1.54) is 6.42 Å². The van der Waals surface area contributed by atoms with Crippen LogP contribution in [-0.2, 0) is 9.59 Å². The highest BCUT2D eigenvalue weighted by Crippen LogP contribution is 2.41. The molecule has 2 heterocycles. The Morgan fingerprint density at radius 1 is 1.04 bits per heavy atom.